The predicted molar refractivity (Wildman–Crippen MR) is 158 cm³/mol. The molecule has 0 spiro atoms. The summed E-state index contributed by atoms with van der Waals surface area (Å²) in [5.41, 5.74) is 11.7. The fraction of sp³-hybridized carbons (Fsp3) is 0.394. The van der Waals surface area contributed by atoms with Gasteiger partial charge in [-0.3, -0.25) is 4.79 Å². The first kappa shape index (κ1) is 30.1. The number of hydrogen-bond acceptors (Lipinski definition) is 5. The average Bonchev–Trinajstić information content (AvgIpc) is 2.92. The fourth-order valence-corrected chi connectivity index (χ4v) is 4.75. The van der Waals surface area contributed by atoms with E-state index in [1.54, 1.807) is 12.1 Å². The van der Waals surface area contributed by atoms with Gasteiger partial charge in [-0.05, 0) is 68.0 Å². The van der Waals surface area contributed by atoms with Gasteiger partial charge in [0.05, 0.1) is 5.56 Å². The van der Waals surface area contributed by atoms with Crippen LogP contribution in [0.5, 0.6) is 0 Å². The Bertz CT molecular complexity index is 1210. The van der Waals surface area contributed by atoms with Gasteiger partial charge in [0.1, 0.15) is 6.10 Å². The molecule has 2 atom stereocenters. The predicted octanol–water partition coefficient (Wildman–Crippen LogP) is 5.45. The Kier molecular flexibility index (Phi) is 11.7. The van der Waals surface area contributed by atoms with Crippen molar-refractivity contribution >= 4 is 11.9 Å². The van der Waals surface area contributed by atoms with E-state index < -0.39 is 18.1 Å². The van der Waals surface area contributed by atoms with Gasteiger partial charge in [0.2, 0.25) is 0 Å². The SMILES string of the molecule is CCCN(CCC)C(=O)c1cc(C)cc(C(=O)OC(CNCc2ccccc2)C(N)Cc2cccc(C)c2)c1. The molecule has 0 aliphatic carbocycles. The normalized spacial score (nSPS) is 12.5. The second-order valence-electron chi connectivity index (χ2n) is 10.3. The fourth-order valence-electron chi connectivity index (χ4n) is 4.75. The highest BCUT2D eigenvalue weighted by molar-refractivity contribution is 5.98. The van der Waals surface area contributed by atoms with E-state index >= 15 is 0 Å². The zero-order chi connectivity index (χ0) is 28.2. The van der Waals surface area contributed by atoms with Crippen LogP contribution in [0.1, 0.15) is 69.7 Å². The summed E-state index contributed by atoms with van der Waals surface area (Å²) in [5.74, 6) is -0.537. The number of hydrogen-bond donors (Lipinski definition) is 2. The van der Waals surface area contributed by atoms with Crippen molar-refractivity contribution in [2.45, 2.75) is 65.6 Å². The molecule has 0 saturated heterocycles. The molecule has 0 fully saturated rings. The highest BCUT2D eigenvalue weighted by atomic mass is 16.5. The summed E-state index contributed by atoms with van der Waals surface area (Å²) in [6, 6.07) is 23.1. The van der Waals surface area contributed by atoms with E-state index in [9.17, 15) is 9.59 Å². The van der Waals surface area contributed by atoms with Crippen molar-refractivity contribution in [3.8, 4) is 0 Å². The molecule has 6 nitrogen and oxygen atoms in total. The van der Waals surface area contributed by atoms with Gasteiger partial charge < -0.3 is 20.7 Å². The van der Waals surface area contributed by atoms with Crippen LogP contribution < -0.4 is 11.1 Å². The molecule has 0 aliphatic rings. The molecular weight excluding hydrogens is 486 g/mol. The van der Waals surface area contributed by atoms with Crippen LogP contribution in [0.15, 0.2) is 72.8 Å². The van der Waals surface area contributed by atoms with Gasteiger partial charge in [0.15, 0.2) is 0 Å². The molecule has 3 aromatic carbocycles. The minimum absolute atomic E-state index is 0.0614. The highest BCUT2D eigenvalue weighted by Crippen LogP contribution is 2.17. The molecule has 0 saturated carbocycles. The smallest absolute Gasteiger partial charge is 0.338 e. The quantitative estimate of drug-likeness (QED) is 0.271. The molecule has 3 aromatic rings. The summed E-state index contributed by atoms with van der Waals surface area (Å²) in [7, 11) is 0. The number of amides is 1. The third kappa shape index (κ3) is 9.34. The molecule has 0 aromatic heterocycles. The van der Waals surface area contributed by atoms with Crippen LogP contribution in [0, 0.1) is 13.8 Å². The lowest BCUT2D eigenvalue weighted by Crippen LogP contribution is -2.46. The molecule has 208 valence electrons. The molecule has 6 heteroatoms. The van der Waals surface area contributed by atoms with Crippen molar-refractivity contribution in [1.29, 1.82) is 0 Å². The number of esters is 1. The van der Waals surface area contributed by atoms with Gasteiger partial charge in [-0.2, -0.15) is 0 Å². The first-order chi connectivity index (χ1) is 18.8. The maximum absolute atomic E-state index is 13.4. The number of nitrogens with zero attached hydrogens (tertiary/aromatic N) is 1. The minimum Gasteiger partial charge on any atom is -0.456 e. The van der Waals surface area contributed by atoms with Gasteiger partial charge in [-0.1, -0.05) is 74.0 Å². The Morgan fingerprint density at radius 3 is 2.18 bits per heavy atom. The molecule has 3 N–H and O–H groups in total. The number of carbonyl (C=O) groups excluding carboxylic acids is 2. The monoisotopic (exact) mass is 529 g/mol. The van der Waals surface area contributed by atoms with E-state index in [-0.39, 0.29) is 5.91 Å². The van der Waals surface area contributed by atoms with E-state index in [0.29, 0.717) is 43.7 Å². The van der Waals surface area contributed by atoms with Crippen molar-refractivity contribution < 1.29 is 14.3 Å². The Balaban J connectivity index is 1.78. The summed E-state index contributed by atoms with van der Waals surface area (Å²) in [6.45, 7) is 10.5. The van der Waals surface area contributed by atoms with Crippen LogP contribution in [-0.2, 0) is 17.7 Å². The van der Waals surface area contributed by atoms with Crippen molar-refractivity contribution in [3.63, 3.8) is 0 Å². The molecule has 1 amide bonds. The molecule has 0 bridgehead atoms. The van der Waals surface area contributed by atoms with Crippen molar-refractivity contribution in [3.05, 3.63) is 106 Å². The Morgan fingerprint density at radius 2 is 1.51 bits per heavy atom. The first-order valence-electron chi connectivity index (χ1n) is 14.0. The van der Waals surface area contributed by atoms with Crippen LogP contribution in [0.25, 0.3) is 0 Å². The summed E-state index contributed by atoms with van der Waals surface area (Å²) in [4.78, 5) is 28.5. The third-order valence-electron chi connectivity index (χ3n) is 6.64. The number of ether oxygens (including phenoxy) is 1. The molecule has 0 aliphatic heterocycles. The van der Waals surface area contributed by atoms with Gasteiger partial charge in [0, 0.05) is 37.8 Å². The standard InChI is InChI=1S/C33H43N3O3/c1-5-15-36(16-6-2)32(37)28-18-25(4)19-29(21-28)33(38)39-31(23-35-22-26-12-8-7-9-13-26)30(34)20-27-14-10-11-24(3)17-27/h7-14,17-19,21,30-31,35H,5-6,15-16,20,22-23,34H2,1-4H3. The van der Waals surface area contributed by atoms with E-state index in [1.807, 2.05) is 73.3 Å². The lowest BCUT2D eigenvalue weighted by Gasteiger charge is -2.25. The summed E-state index contributed by atoms with van der Waals surface area (Å²) in [5, 5.41) is 3.40. The topological polar surface area (TPSA) is 84.7 Å². The molecule has 0 radical (unpaired) electrons. The van der Waals surface area contributed by atoms with Crippen molar-refractivity contribution in [1.82, 2.24) is 10.2 Å². The number of rotatable bonds is 14. The maximum Gasteiger partial charge on any atom is 0.338 e. The van der Waals surface area contributed by atoms with Crippen LogP contribution in [-0.4, -0.2) is 48.6 Å². The zero-order valence-electron chi connectivity index (χ0n) is 23.8. The Morgan fingerprint density at radius 1 is 0.846 bits per heavy atom. The molecule has 0 heterocycles. The van der Waals surface area contributed by atoms with Gasteiger partial charge >= 0.3 is 5.97 Å². The second-order valence-corrected chi connectivity index (χ2v) is 10.3. The first-order valence-corrected chi connectivity index (χ1v) is 14.0. The van der Waals surface area contributed by atoms with E-state index in [1.165, 1.54) is 0 Å². The van der Waals surface area contributed by atoms with Crippen LogP contribution >= 0.6 is 0 Å². The van der Waals surface area contributed by atoms with Gasteiger partial charge in [0.25, 0.3) is 5.91 Å². The van der Waals surface area contributed by atoms with Crippen LogP contribution in [0.3, 0.4) is 0 Å². The summed E-state index contributed by atoms with van der Waals surface area (Å²) in [6.07, 6.45) is 1.78. The average molecular weight is 530 g/mol. The number of aryl methyl sites for hydroxylation is 2. The minimum atomic E-state index is -0.557. The molecule has 3 rings (SSSR count). The Hall–Kier alpha value is -3.48. The van der Waals surface area contributed by atoms with E-state index in [4.69, 9.17) is 10.5 Å². The second kappa shape index (κ2) is 15.2. The molecule has 39 heavy (non-hydrogen) atoms. The number of nitrogens with one attached hydrogen (secondary N) is 1. The van der Waals surface area contributed by atoms with E-state index in [2.05, 4.69) is 25.2 Å². The van der Waals surface area contributed by atoms with Crippen LogP contribution in [0.2, 0.25) is 0 Å². The number of carbonyl (C=O) groups is 2. The van der Waals surface area contributed by atoms with Crippen molar-refractivity contribution in [2.24, 2.45) is 5.73 Å². The number of nitrogens with two attached hydrogens (primary N) is 1. The molecule has 2 unspecified atom stereocenters. The molecular formula is C33H43N3O3. The number of benzene rings is 3. The Labute approximate surface area is 233 Å². The lowest BCUT2D eigenvalue weighted by atomic mass is 10.00. The van der Waals surface area contributed by atoms with Crippen molar-refractivity contribution in [2.75, 3.05) is 19.6 Å². The maximum atomic E-state index is 13.4. The summed E-state index contributed by atoms with van der Waals surface area (Å²) < 4.78 is 6.03. The zero-order valence-corrected chi connectivity index (χ0v) is 23.8. The largest absolute Gasteiger partial charge is 0.456 e. The third-order valence-corrected chi connectivity index (χ3v) is 6.64. The van der Waals surface area contributed by atoms with E-state index in [0.717, 1.165) is 35.1 Å². The lowest BCUT2D eigenvalue weighted by molar-refractivity contribution is 0.0238. The summed E-state index contributed by atoms with van der Waals surface area (Å²) >= 11 is 0. The highest BCUT2D eigenvalue weighted by Gasteiger charge is 2.25. The van der Waals surface area contributed by atoms with Gasteiger partial charge in [-0.25, -0.2) is 4.79 Å². The van der Waals surface area contributed by atoms with Gasteiger partial charge in [-0.15, -0.1) is 0 Å². The van der Waals surface area contributed by atoms with Crippen LogP contribution in [0.4, 0.5) is 0 Å².